The lowest BCUT2D eigenvalue weighted by atomic mass is 9.87. The highest BCUT2D eigenvalue weighted by Gasteiger charge is 2.22. The molecule has 3 rings (SSSR count). The lowest BCUT2D eigenvalue weighted by molar-refractivity contribution is -0.384. The second-order valence-electron chi connectivity index (χ2n) is 6.01. The minimum atomic E-state index is -0.482. The molecule has 7 nitrogen and oxygen atoms in total. The molecule has 0 aliphatic heterocycles. The molecule has 130 valence electrons. The molecule has 0 saturated carbocycles. The second-order valence-corrected chi connectivity index (χ2v) is 6.01. The summed E-state index contributed by atoms with van der Waals surface area (Å²) in [6.45, 7) is -0.140. The molecule has 7 heteroatoms. The number of hydrogen-bond acceptors (Lipinski definition) is 5. The summed E-state index contributed by atoms with van der Waals surface area (Å²) in [4.78, 5) is 22.3. The Morgan fingerprint density at radius 3 is 2.76 bits per heavy atom. The summed E-state index contributed by atoms with van der Waals surface area (Å²) < 4.78 is 5.40. The van der Waals surface area contributed by atoms with Gasteiger partial charge in [-0.1, -0.05) is 6.07 Å². The van der Waals surface area contributed by atoms with Crippen molar-refractivity contribution in [2.45, 2.75) is 25.3 Å². The van der Waals surface area contributed by atoms with E-state index in [4.69, 9.17) is 10.5 Å². The van der Waals surface area contributed by atoms with E-state index in [9.17, 15) is 14.9 Å². The Balaban J connectivity index is 1.57. The zero-order valence-corrected chi connectivity index (χ0v) is 13.6. The van der Waals surface area contributed by atoms with Gasteiger partial charge in [-0.15, -0.1) is 0 Å². The highest BCUT2D eigenvalue weighted by atomic mass is 16.6. The predicted octanol–water partition coefficient (Wildman–Crippen LogP) is 2.75. The van der Waals surface area contributed by atoms with Gasteiger partial charge < -0.3 is 15.8 Å². The number of nitro groups is 1. The van der Waals surface area contributed by atoms with Gasteiger partial charge in [0.05, 0.1) is 11.0 Å². The van der Waals surface area contributed by atoms with Crippen LogP contribution in [0.15, 0.2) is 42.5 Å². The summed E-state index contributed by atoms with van der Waals surface area (Å²) in [5.74, 6) is 0.186. The highest BCUT2D eigenvalue weighted by molar-refractivity contribution is 5.78. The third-order valence-electron chi connectivity index (χ3n) is 4.23. The molecule has 0 radical (unpaired) electrons. The number of amides is 1. The average Bonchev–Trinajstić information content (AvgIpc) is 2.60. The molecule has 1 aliphatic rings. The monoisotopic (exact) mass is 341 g/mol. The number of fused-ring (bicyclic) bond motifs is 1. The Morgan fingerprint density at radius 2 is 2.04 bits per heavy atom. The molecule has 1 aliphatic carbocycles. The van der Waals surface area contributed by atoms with E-state index >= 15 is 0 Å². The van der Waals surface area contributed by atoms with Crippen molar-refractivity contribution in [3.8, 4) is 5.75 Å². The number of nitrogens with one attached hydrogen (secondary N) is 1. The van der Waals surface area contributed by atoms with Crippen molar-refractivity contribution in [3.63, 3.8) is 0 Å². The van der Waals surface area contributed by atoms with Crippen LogP contribution in [-0.2, 0) is 11.2 Å². The summed E-state index contributed by atoms with van der Waals surface area (Å²) in [5, 5.41) is 13.6. The Kier molecular flexibility index (Phi) is 4.83. The van der Waals surface area contributed by atoms with E-state index in [-0.39, 0.29) is 24.2 Å². The molecule has 1 unspecified atom stereocenters. The van der Waals surface area contributed by atoms with Crippen LogP contribution in [0.1, 0.15) is 30.0 Å². The van der Waals surface area contributed by atoms with E-state index in [1.54, 1.807) is 0 Å². The van der Waals surface area contributed by atoms with E-state index in [0.29, 0.717) is 5.75 Å². The number of carbonyl (C=O) groups excluding carboxylic acids is 1. The quantitative estimate of drug-likeness (QED) is 0.494. The molecule has 0 spiro atoms. The van der Waals surface area contributed by atoms with Crippen LogP contribution in [0.3, 0.4) is 0 Å². The molecule has 0 saturated heterocycles. The summed E-state index contributed by atoms with van der Waals surface area (Å²) in [7, 11) is 0. The molecule has 2 aromatic rings. The Bertz CT molecular complexity index is 789. The van der Waals surface area contributed by atoms with Crippen LogP contribution in [0.2, 0.25) is 0 Å². The van der Waals surface area contributed by atoms with Gasteiger partial charge in [0.2, 0.25) is 0 Å². The Labute approximate surface area is 144 Å². The van der Waals surface area contributed by atoms with E-state index in [2.05, 4.69) is 5.32 Å². The Morgan fingerprint density at radius 1 is 1.28 bits per heavy atom. The lowest BCUT2D eigenvalue weighted by Crippen LogP contribution is -2.34. The number of nitrogen functional groups attached to an aromatic ring is 1. The summed E-state index contributed by atoms with van der Waals surface area (Å²) >= 11 is 0. The second kappa shape index (κ2) is 7.21. The molecule has 1 atom stereocenters. The van der Waals surface area contributed by atoms with Crippen LogP contribution in [0.25, 0.3) is 0 Å². The van der Waals surface area contributed by atoms with Gasteiger partial charge in [-0.2, -0.15) is 0 Å². The van der Waals surface area contributed by atoms with Gasteiger partial charge in [0, 0.05) is 17.8 Å². The molecule has 3 N–H and O–H groups in total. The lowest BCUT2D eigenvalue weighted by Gasteiger charge is -2.26. The first kappa shape index (κ1) is 16.8. The molecule has 2 aromatic carbocycles. The Hall–Kier alpha value is -3.09. The number of ether oxygens (including phenoxy) is 1. The van der Waals surface area contributed by atoms with Crippen molar-refractivity contribution >= 4 is 17.3 Å². The first-order valence-electron chi connectivity index (χ1n) is 8.08. The van der Waals surface area contributed by atoms with Crippen molar-refractivity contribution < 1.29 is 14.5 Å². The zero-order valence-electron chi connectivity index (χ0n) is 13.6. The molecule has 0 aromatic heterocycles. The molecule has 1 amide bonds. The first-order valence-corrected chi connectivity index (χ1v) is 8.08. The average molecular weight is 341 g/mol. The molecule has 25 heavy (non-hydrogen) atoms. The molecular formula is C18H19N3O4. The maximum absolute atomic E-state index is 12.2. The fourth-order valence-corrected chi connectivity index (χ4v) is 3.03. The summed E-state index contributed by atoms with van der Waals surface area (Å²) in [5.41, 5.74) is 8.81. The minimum Gasteiger partial charge on any atom is -0.484 e. The molecule has 0 fully saturated rings. The van der Waals surface area contributed by atoms with Gasteiger partial charge in [-0.25, -0.2) is 0 Å². The third-order valence-corrected chi connectivity index (χ3v) is 4.23. The number of anilines is 1. The predicted molar refractivity (Wildman–Crippen MR) is 93.3 cm³/mol. The van der Waals surface area contributed by atoms with Crippen LogP contribution < -0.4 is 15.8 Å². The topological polar surface area (TPSA) is 107 Å². The van der Waals surface area contributed by atoms with Crippen LogP contribution >= 0.6 is 0 Å². The minimum absolute atomic E-state index is 0.0186. The first-order chi connectivity index (χ1) is 12.0. The van der Waals surface area contributed by atoms with Gasteiger partial charge >= 0.3 is 0 Å². The van der Waals surface area contributed by atoms with Gasteiger partial charge in [0.15, 0.2) is 6.61 Å². The van der Waals surface area contributed by atoms with E-state index in [1.807, 2.05) is 18.2 Å². The molecule has 0 heterocycles. The number of benzene rings is 2. The van der Waals surface area contributed by atoms with Crippen LogP contribution in [-0.4, -0.2) is 17.4 Å². The van der Waals surface area contributed by atoms with Crippen molar-refractivity contribution in [2.75, 3.05) is 12.3 Å². The summed E-state index contributed by atoms with van der Waals surface area (Å²) in [6.07, 6.45) is 2.83. The number of hydrogen-bond donors (Lipinski definition) is 2. The number of nitrogens with zero attached hydrogens (tertiary/aromatic N) is 1. The standard InChI is InChI=1S/C18H19N3O4/c19-13-4-9-16-12(10-13)2-1-3-17(16)20-18(22)11-25-15-7-5-14(6-8-15)21(23)24/h4-10,17H,1-3,11,19H2,(H,20,22). The van der Waals surface area contributed by atoms with E-state index in [1.165, 1.54) is 29.8 Å². The number of nitro benzene ring substituents is 1. The van der Waals surface area contributed by atoms with Crippen molar-refractivity contribution in [1.82, 2.24) is 5.32 Å². The maximum Gasteiger partial charge on any atom is 0.269 e. The smallest absolute Gasteiger partial charge is 0.269 e. The number of aryl methyl sites for hydroxylation is 1. The van der Waals surface area contributed by atoms with E-state index < -0.39 is 4.92 Å². The number of nitrogens with two attached hydrogens (primary N) is 1. The SMILES string of the molecule is Nc1ccc2c(c1)CCCC2NC(=O)COc1ccc([N+](=O)[O-])cc1. The largest absolute Gasteiger partial charge is 0.484 e. The molecule has 0 bridgehead atoms. The van der Waals surface area contributed by atoms with Gasteiger partial charge in [-0.05, 0) is 54.7 Å². The molecular weight excluding hydrogens is 322 g/mol. The van der Waals surface area contributed by atoms with E-state index in [0.717, 1.165) is 30.5 Å². The van der Waals surface area contributed by atoms with Gasteiger partial charge in [-0.3, -0.25) is 14.9 Å². The highest BCUT2D eigenvalue weighted by Crippen LogP contribution is 2.30. The number of non-ortho nitro benzene ring substituents is 1. The van der Waals surface area contributed by atoms with Crippen molar-refractivity contribution in [2.24, 2.45) is 0 Å². The maximum atomic E-state index is 12.2. The van der Waals surface area contributed by atoms with Gasteiger partial charge in [0.1, 0.15) is 5.75 Å². The van der Waals surface area contributed by atoms with Crippen LogP contribution in [0, 0.1) is 10.1 Å². The fourth-order valence-electron chi connectivity index (χ4n) is 3.03. The fraction of sp³-hybridized carbons (Fsp3) is 0.278. The normalized spacial score (nSPS) is 15.9. The number of rotatable bonds is 5. The van der Waals surface area contributed by atoms with Crippen LogP contribution in [0.4, 0.5) is 11.4 Å². The summed E-state index contributed by atoms with van der Waals surface area (Å²) in [6, 6.07) is 11.4. The third kappa shape index (κ3) is 4.06. The zero-order chi connectivity index (χ0) is 17.8. The van der Waals surface area contributed by atoms with Crippen molar-refractivity contribution in [3.05, 3.63) is 63.7 Å². The van der Waals surface area contributed by atoms with Crippen LogP contribution in [0.5, 0.6) is 5.75 Å². The van der Waals surface area contributed by atoms with Crippen molar-refractivity contribution in [1.29, 1.82) is 0 Å². The number of carbonyl (C=O) groups is 1. The van der Waals surface area contributed by atoms with Gasteiger partial charge in [0.25, 0.3) is 11.6 Å².